The lowest BCUT2D eigenvalue weighted by Crippen LogP contribution is -2.34. The third-order valence-electron chi connectivity index (χ3n) is 2.79. The number of fused-ring (bicyclic) bond motifs is 1. The third-order valence-corrected chi connectivity index (χ3v) is 3.12. The number of aromatic nitrogens is 1. The Morgan fingerprint density at radius 3 is 2.85 bits per heavy atom. The number of methoxy groups -OCH3 is 1. The summed E-state index contributed by atoms with van der Waals surface area (Å²) in [7, 11) is 1.24. The standard InChI is InChI=1S/C14H13ClN2O3/c1-20-14(19)11(15)8-17-13(18)12-10-5-3-2-4-9(10)6-7-16-12/h2-7,11H,8H2,1H3,(H,17,18). The van der Waals surface area contributed by atoms with Crippen LogP contribution in [0.1, 0.15) is 10.5 Å². The van der Waals surface area contributed by atoms with Crippen LogP contribution in [0.15, 0.2) is 36.5 Å². The lowest BCUT2D eigenvalue weighted by Gasteiger charge is -2.09. The summed E-state index contributed by atoms with van der Waals surface area (Å²) in [6, 6.07) is 9.25. The largest absolute Gasteiger partial charge is 0.468 e. The highest BCUT2D eigenvalue weighted by Gasteiger charge is 2.18. The fraction of sp³-hybridized carbons (Fsp3) is 0.214. The maximum absolute atomic E-state index is 12.1. The zero-order valence-corrected chi connectivity index (χ0v) is 11.6. The summed E-state index contributed by atoms with van der Waals surface area (Å²) in [4.78, 5) is 27.3. The molecule has 1 unspecified atom stereocenters. The van der Waals surface area contributed by atoms with Crippen molar-refractivity contribution in [2.75, 3.05) is 13.7 Å². The first-order valence-corrected chi connectivity index (χ1v) is 6.41. The highest BCUT2D eigenvalue weighted by Crippen LogP contribution is 2.16. The molecule has 104 valence electrons. The van der Waals surface area contributed by atoms with E-state index >= 15 is 0 Å². The Kier molecular flexibility index (Phi) is 4.53. The molecule has 0 spiro atoms. The normalized spacial score (nSPS) is 11.9. The van der Waals surface area contributed by atoms with Crippen LogP contribution in [0, 0.1) is 0 Å². The van der Waals surface area contributed by atoms with Crippen LogP contribution in [0.4, 0.5) is 0 Å². The van der Waals surface area contributed by atoms with E-state index in [2.05, 4.69) is 15.0 Å². The second-order valence-corrected chi connectivity index (χ2v) is 4.61. The van der Waals surface area contributed by atoms with Gasteiger partial charge in [-0.3, -0.25) is 14.6 Å². The Labute approximate surface area is 120 Å². The second-order valence-electron chi connectivity index (χ2n) is 4.08. The van der Waals surface area contributed by atoms with Gasteiger partial charge in [-0.15, -0.1) is 11.6 Å². The van der Waals surface area contributed by atoms with Gasteiger partial charge < -0.3 is 10.1 Å². The van der Waals surface area contributed by atoms with Gasteiger partial charge in [0.2, 0.25) is 0 Å². The maximum Gasteiger partial charge on any atom is 0.325 e. The molecular weight excluding hydrogens is 280 g/mol. The summed E-state index contributed by atoms with van der Waals surface area (Å²) < 4.78 is 4.48. The van der Waals surface area contributed by atoms with Crippen LogP contribution in [0.25, 0.3) is 10.8 Å². The predicted molar refractivity (Wildman–Crippen MR) is 75.7 cm³/mol. The molecular formula is C14H13ClN2O3. The monoisotopic (exact) mass is 292 g/mol. The van der Waals surface area contributed by atoms with Gasteiger partial charge in [-0.2, -0.15) is 0 Å². The first kappa shape index (κ1) is 14.3. The summed E-state index contributed by atoms with van der Waals surface area (Å²) in [5, 5.41) is 3.32. The van der Waals surface area contributed by atoms with Crippen molar-refractivity contribution in [3.05, 3.63) is 42.2 Å². The van der Waals surface area contributed by atoms with Crippen molar-refractivity contribution in [2.24, 2.45) is 0 Å². The molecule has 0 fully saturated rings. The van der Waals surface area contributed by atoms with E-state index in [0.717, 1.165) is 10.8 Å². The van der Waals surface area contributed by atoms with Crippen LogP contribution in [-0.2, 0) is 9.53 Å². The Balaban J connectivity index is 2.14. The van der Waals surface area contributed by atoms with E-state index in [1.165, 1.54) is 7.11 Å². The zero-order valence-electron chi connectivity index (χ0n) is 10.8. The fourth-order valence-corrected chi connectivity index (χ4v) is 1.94. The molecule has 1 amide bonds. The van der Waals surface area contributed by atoms with E-state index in [-0.39, 0.29) is 12.5 Å². The van der Waals surface area contributed by atoms with Crippen molar-refractivity contribution < 1.29 is 14.3 Å². The summed E-state index contributed by atoms with van der Waals surface area (Å²) in [6.45, 7) is -0.0159. The third kappa shape index (κ3) is 3.05. The number of ether oxygens (including phenoxy) is 1. The van der Waals surface area contributed by atoms with Gasteiger partial charge in [-0.05, 0) is 11.5 Å². The highest BCUT2D eigenvalue weighted by atomic mass is 35.5. The number of carbonyl (C=O) groups is 2. The minimum atomic E-state index is -0.918. The molecule has 0 aliphatic rings. The molecule has 0 radical (unpaired) electrons. The van der Waals surface area contributed by atoms with E-state index in [0.29, 0.717) is 5.69 Å². The molecule has 1 heterocycles. The number of hydrogen-bond donors (Lipinski definition) is 1. The summed E-state index contributed by atoms with van der Waals surface area (Å²) >= 11 is 5.77. The molecule has 0 saturated heterocycles. The lowest BCUT2D eigenvalue weighted by molar-refractivity contribution is -0.140. The molecule has 2 aromatic rings. The van der Waals surface area contributed by atoms with E-state index in [1.54, 1.807) is 6.20 Å². The quantitative estimate of drug-likeness (QED) is 0.688. The molecule has 5 nitrogen and oxygen atoms in total. The van der Waals surface area contributed by atoms with Gasteiger partial charge in [-0.25, -0.2) is 0 Å². The van der Waals surface area contributed by atoms with Gasteiger partial charge in [-0.1, -0.05) is 24.3 Å². The van der Waals surface area contributed by atoms with Crippen LogP contribution < -0.4 is 5.32 Å². The van der Waals surface area contributed by atoms with Crippen molar-refractivity contribution in [1.29, 1.82) is 0 Å². The van der Waals surface area contributed by atoms with Crippen LogP contribution >= 0.6 is 11.6 Å². The van der Waals surface area contributed by atoms with Gasteiger partial charge >= 0.3 is 5.97 Å². The molecule has 2 rings (SSSR count). The molecule has 0 aliphatic heterocycles. The number of carbonyl (C=O) groups excluding carboxylic acids is 2. The van der Waals surface area contributed by atoms with Gasteiger partial charge in [0.15, 0.2) is 0 Å². The predicted octanol–water partition coefficient (Wildman–Crippen LogP) is 1.74. The first-order valence-electron chi connectivity index (χ1n) is 5.97. The number of nitrogens with one attached hydrogen (secondary N) is 1. The molecule has 0 saturated carbocycles. The minimum absolute atomic E-state index is 0.0159. The Bertz CT molecular complexity index is 640. The molecule has 0 aliphatic carbocycles. The van der Waals surface area contributed by atoms with Gasteiger partial charge in [0.25, 0.3) is 5.91 Å². The van der Waals surface area contributed by atoms with Gasteiger partial charge in [0.1, 0.15) is 11.1 Å². The Hall–Kier alpha value is -2.14. The van der Waals surface area contributed by atoms with Crippen molar-refractivity contribution in [3.8, 4) is 0 Å². The van der Waals surface area contributed by atoms with Crippen LogP contribution in [0.3, 0.4) is 0 Å². The average molecular weight is 293 g/mol. The number of esters is 1. The van der Waals surface area contributed by atoms with Crippen molar-refractivity contribution >= 4 is 34.2 Å². The van der Waals surface area contributed by atoms with E-state index in [9.17, 15) is 9.59 Å². The fourth-order valence-electron chi connectivity index (χ4n) is 1.78. The van der Waals surface area contributed by atoms with Crippen LogP contribution in [0.5, 0.6) is 0 Å². The summed E-state index contributed by atoms with van der Waals surface area (Å²) in [5.74, 6) is -0.964. The Morgan fingerprint density at radius 2 is 2.10 bits per heavy atom. The van der Waals surface area contributed by atoms with Crippen molar-refractivity contribution in [1.82, 2.24) is 10.3 Å². The number of hydrogen-bond acceptors (Lipinski definition) is 4. The van der Waals surface area contributed by atoms with E-state index in [1.807, 2.05) is 30.3 Å². The molecule has 6 heteroatoms. The van der Waals surface area contributed by atoms with Gasteiger partial charge in [0, 0.05) is 18.1 Å². The number of benzene rings is 1. The highest BCUT2D eigenvalue weighted by molar-refractivity contribution is 6.30. The first-order chi connectivity index (χ1) is 9.63. The number of alkyl halides is 1. The zero-order chi connectivity index (χ0) is 14.5. The molecule has 1 aromatic carbocycles. The van der Waals surface area contributed by atoms with E-state index in [4.69, 9.17) is 11.6 Å². The van der Waals surface area contributed by atoms with Crippen LogP contribution in [-0.4, -0.2) is 35.9 Å². The lowest BCUT2D eigenvalue weighted by atomic mass is 10.1. The molecule has 1 aromatic heterocycles. The van der Waals surface area contributed by atoms with E-state index < -0.39 is 11.3 Å². The molecule has 20 heavy (non-hydrogen) atoms. The number of nitrogens with zero attached hydrogens (tertiary/aromatic N) is 1. The minimum Gasteiger partial charge on any atom is -0.468 e. The van der Waals surface area contributed by atoms with Crippen molar-refractivity contribution in [3.63, 3.8) is 0 Å². The summed E-state index contributed by atoms with van der Waals surface area (Å²) in [6.07, 6.45) is 1.57. The number of halogens is 1. The smallest absolute Gasteiger partial charge is 0.325 e. The maximum atomic E-state index is 12.1. The second kappa shape index (κ2) is 6.34. The number of pyridine rings is 1. The summed E-state index contributed by atoms with van der Waals surface area (Å²) in [5.41, 5.74) is 0.303. The number of amides is 1. The average Bonchev–Trinajstić information content (AvgIpc) is 2.50. The van der Waals surface area contributed by atoms with Crippen LogP contribution in [0.2, 0.25) is 0 Å². The molecule has 0 bridgehead atoms. The molecule has 1 atom stereocenters. The van der Waals surface area contributed by atoms with Gasteiger partial charge in [0.05, 0.1) is 7.11 Å². The molecule has 1 N–H and O–H groups in total. The number of rotatable bonds is 4. The van der Waals surface area contributed by atoms with Crippen molar-refractivity contribution in [2.45, 2.75) is 5.38 Å². The topological polar surface area (TPSA) is 68.3 Å². The Morgan fingerprint density at radius 1 is 1.35 bits per heavy atom. The SMILES string of the molecule is COC(=O)C(Cl)CNC(=O)c1nccc2ccccc12.